The Morgan fingerprint density at radius 1 is 1.32 bits per heavy atom. The predicted octanol–water partition coefficient (Wildman–Crippen LogP) is 4.20. The van der Waals surface area contributed by atoms with E-state index in [9.17, 15) is 9.18 Å². The van der Waals surface area contributed by atoms with E-state index in [1.54, 1.807) is 30.3 Å². The van der Waals surface area contributed by atoms with Gasteiger partial charge in [0.05, 0.1) is 0 Å². The molecule has 0 radical (unpaired) electrons. The van der Waals surface area contributed by atoms with Gasteiger partial charge in [-0.15, -0.1) is 0 Å². The van der Waals surface area contributed by atoms with Gasteiger partial charge in [-0.3, -0.25) is 0 Å². The van der Waals surface area contributed by atoms with Crippen LogP contribution in [0, 0.1) is 5.82 Å². The summed E-state index contributed by atoms with van der Waals surface area (Å²) in [4.78, 5) is 11.5. The summed E-state index contributed by atoms with van der Waals surface area (Å²) in [6.07, 6.45) is 0.627. The molecule has 0 saturated carbocycles. The first-order chi connectivity index (χ1) is 10.6. The van der Waals surface area contributed by atoms with E-state index in [4.69, 9.17) is 17.2 Å². The van der Waals surface area contributed by atoms with Gasteiger partial charge in [-0.05, 0) is 36.2 Å². The number of halogens is 1. The molecule has 0 fully saturated rings. The summed E-state index contributed by atoms with van der Waals surface area (Å²) >= 11 is 4.77. The summed E-state index contributed by atoms with van der Waals surface area (Å²) in [5.74, 6) is -0.685. The van der Waals surface area contributed by atoms with E-state index in [0.29, 0.717) is 28.6 Å². The van der Waals surface area contributed by atoms with Crippen LogP contribution >= 0.6 is 0 Å². The Hall–Kier alpha value is -2.27. The molecule has 0 spiro atoms. The second-order valence-corrected chi connectivity index (χ2v) is 5.45. The molecule has 1 heterocycles. The van der Waals surface area contributed by atoms with Crippen molar-refractivity contribution in [2.24, 2.45) is 0 Å². The highest BCUT2D eigenvalue weighted by Crippen LogP contribution is 2.32. The lowest BCUT2D eigenvalue weighted by molar-refractivity contribution is -0.112. The molecule has 3 rings (SSSR count). The maximum Gasteiger partial charge on any atom is 0.167 e. The van der Waals surface area contributed by atoms with Crippen molar-refractivity contribution in [3.63, 3.8) is 0 Å². The van der Waals surface area contributed by atoms with Gasteiger partial charge in [-0.25, -0.2) is 4.39 Å². The highest BCUT2D eigenvalue weighted by atomic mass is 32.1. The van der Waals surface area contributed by atoms with Crippen LogP contribution in [0.4, 0.5) is 4.39 Å². The van der Waals surface area contributed by atoms with Crippen molar-refractivity contribution in [3.8, 4) is 11.3 Å². The Morgan fingerprint density at radius 3 is 2.77 bits per heavy atom. The Labute approximate surface area is 132 Å². The Bertz CT molecular complexity index is 844. The largest absolute Gasteiger partial charge is 0.741 e. The zero-order chi connectivity index (χ0) is 15.7. The number of fused-ring (bicyclic) bond motifs is 1. The van der Waals surface area contributed by atoms with Crippen LogP contribution in [0.15, 0.2) is 47.0 Å². The van der Waals surface area contributed by atoms with Crippen LogP contribution in [0.3, 0.4) is 0 Å². The lowest BCUT2D eigenvalue weighted by atomic mass is 9.96. The molecular formula is C17H13FNO2S-. The van der Waals surface area contributed by atoms with Crippen molar-refractivity contribution in [3.05, 3.63) is 53.8 Å². The number of carbonyl (C=O) groups is 1. The molecule has 0 aliphatic rings. The van der Waals surface area contributed by atoms with Crippen molar-refractivity contribution in [2.75, 3.05) is 0 Å². The minimum absolute atomic E-state index is 0.296. The van der Waals surface area contributed by atoms with Gasteiger partial charge in [0.25, 0.3) is 0 Å². The molecule has 1 atom stereocenters. The maximum atomic E-state index is 13.9. The lowest BCUT2D eigenvalue weighted by Crippen LogP contribution is -2.07. The van der Waals surface area contributed by atoms with E-state index in [-0.39, 0.29) is 16.9 Å². The van der Waals surface area contributed by atoms with E-state index in [0.717, 1.165) is 5.56 Å². The molecule has 0 aliphatic carbocycles. The van der Waals surface area contributed by atoms with Gasteiger partial charge in [0.15, 0.2) is 5.58 Å². The van der Waals surface area contributed by atoms with E-state index >= 15 is 0 Å². The van der Waals surface area contributed by atoms with Gasteiger partial charge in [0, 0.05) is 22.0 Å². The van der Waals surface area contributed by atoms with Crippen LogP contribution in [-0.4, -0.2) is 10.3 Å². The summed E-state index contributed by atoms with van der Waals surface area (Å²) < 4.78 is 19.2. The first-order valence-electron chi connectivity index (χ1n) is 6.97. The van der Waals surface area contributed by atoms with Gasteiger partial charge in [0.2, 0.25) is 0 Å². The number of benzene rings is 2. The monoisotopic (exact) mass is 314 g/mol. The molecule has 0 amide bonds. The Morgan fingerprint density at radius 2 is 2.09 bits per heavy atom. The topological polar surface area (TPSA) is 43.1 Å². The standard InChI is InChI=1S/C17H14FNO2S/c1-2-11(17(20)22)10-7-8-13-15(9-10)21-19-16(13)12-5-3-4-6-14(12)18/h3-9,11H,2H2,1H3,(H,20,22)/p-1. The SMILES string of the molecule is CCC(C(=O)[S-])c1ccc2c(-c3ccccc3F)noc2c1. The molecule has 5 heteroatoms. The van der Waals surface area contributed by atoms with Crippen LogP contribution in [-0.2, 0) is 17.4 Å². The minimum atomic E-state index is -0.353. The Kier molecular flexibility index (Phi) is 3.90. The molecular weight excluding hydrogens is 301 g/mol. The lowest BCUT2D eigenvalue weighted by Gasteiger charge is -2.17. The minimum Gasteiger partial charge on any atom is -0.741 e. The molecule has 0 saturated heterocycles. The van der Waals surface area contributed by atoms with Crippen LogP contribution < -0.4 is 0 Å². The van der Waals surface area contributed by atoms with Gasteiger partial charge in [0.1, 0.15) is 11.5 Å². The zero-order valence-electron chi connectivity index (χ0n) is 11.9. The van der Waals surface area contributed by atoms with Crippen molar-refractivity contribution < 1.29 is 13.7 Å². The third kappa shape index (κ3) is 2.48. The number of hydrogen-bond donors (Lipinski definition) is 0. The molecule has 0 aliphatic heterocycles. The normalized spacial score (nSPS) is 12.5. The summed E-state index contributed by atoms with van der Waals surface area (Å²) in [7, 11) is 0. The summed E-state index contributed by atoms with van der Waals surface area (Å²) in [6.45, 7) is 1.91. The van der Waals surface area contributed by atoms with Crippen molar-refractivity contribution in [2.45, 2.75) is 19.3 Å². The first-order valence-corrected chi connectivity index (χ1v) is 7.37. The van der Waals surface area contributed by atoms with E-state index in [1.807, 2.05) is 13.0 Å². The highest BCUT2D eigenvalue weighted by molar-refractivity contribution is 7.77. The number of carbonyl (C=O) groups excluding carboxylic acids is 1. The fourth-order valence-electron chi connectivity index (χ4n) is 2.56. The number of hydrogen-bond acceptors (Lipinski definition) is 4. The molecule has 0 N–H and O–H groups in total. The Balaban J connectivity index is 2.11. The molecule has 3 aromatic rings. The van der Waals surface area contributed by atoms with Crippen molar-refractivity contribution in [1.82, 2.24) is 5.16 Å². The molecule has 1 unspecified atom stereocenters. The maximum absolute atomic E-state index is 13.9. The zero-order valence-corrected chi connectivity index (χ0v) is 12.7. The highest BCUT2D eigenvalue weighted by Gasteiger charge is 2.16. The van der Waals surface area contributed by atoms with Crippen molar-refractivity contribution in [1.29, 1.82) is 0 Å². The van der Waals surface area contributed by atoms with Crippen molar-refractivity contribution >= 4 is 28.7 Å². The quantitative estimate of drug-likeness (QED) is 0.677. The van der Waals surface area contributed by atoms with E-state index in [1.165, 1.54) is 6.07 Å². The second kappa shape index (κ2) is 5.85. The van der Waals surface area contributed by atoms with Crippen LogP contribution in [0.5, 0.6) is 0 Å². The smallest absolute Gasteiger partial charge is 0.167 e. The van der Waals surface area contributed by atoms with Crippen LogP contribution in [0.2, 0.25) is 0 Å². The summed E-state index contributed by atoms with van der Waals surface area (Å²) in [6, 6.07) is 11.8. The fourth-order valence-corrected chi connectivity index (χ4v) is 2.86. The van der Waals surface area contributed by atoms with E-state index in [2.05, 4.69) is 5.16 Å². The summed E-state index contributed by atoms with van der Waals surface area (Å²) in [5.41, 5.74) is 2.16. The second-order valence-electron chi connectivity index (χ2n) is 5.05. The number of nitrogens with zero attached hydrogens (tertiary/aromatic N) is 1. The van der Waals surface area contributed by atoms with Crippen LogP contribution in [0.1, 0.15) is 24.8 Å². The van der Waals surface area contributed by atoms with Gasteiger partial charge in [-0.2, -0.15) is 0 Å². The first kappa shape index (κ1) is 14.7. The molecule has 22 heavy (non-hydrogen) atoms. The molecule has 112 valence electrons. The molecule has 1 aromatic heterocycles. The third-order valence-electron chi connectivity index (χ3n) is 3.72. The van der Waals surface area contributed by atoms with E-state index < -0.39 is 0 Å². The average Bonchev–Trinajstić information content (AvgIpc) is 2.91. The number of aromatic nitrogens is 1. The number of rotatable bonds is 4. The fraction of sp³-hybridized carbons (Fsp3) is 0.176. The average molecular weight is 314 g/mol. The van der Waals surface area contributed by atoms with Crippen LogP contribution in [0.25, 0.3) is 22.2 Å². The molecule has 2 aromatic carbocycles. The molecule has 0 bridgehead atoms. The predicted molar refractivity (Wildman–Crippen MR) is 84.8 cm³/mol. The van der Waals surface area contributed by atoms with Gasteiger partial charge >= 0.3 is 0 Å². The third-order valence-corrected chi connectivity index (χ3v) is 4.00. The molecule has 3 nitrogen and oxygen atoms in total. The van der Waals surface area contributed by atoms with Gasteiger partial charge < -0.3 is 21.9 Å². The summed E-state index contributed by atoms with van der Waals surface area (Å²) in [5, 5.41) is 4.38. The van der Waals surface area contributed by atoms with Gasteiger partial charge in [-0.1, -0.05) is 30.3 Å².